The average Bonchev–Trinajstić information content (AvgIpc) is 2.72. The van der Waals surface area contributed by atoms with E-state index in [0.29, 0.717) is 0 Å². The first-order valence-electron chi connectivity index (χ1n) is 5.96. The van der Waals surface area contributed by atoms with Gasteiger partial charge < -0.3 is 4.57 Å². The lowest BCUT2D eigenvalue weighted by atomic mass is 10.1. The highest BCUT2D eigenvalue weighted by molar-refractivity contribution is 9.10. The second-order valence-electron chi connectivity index (χ2n) is 4.12. The van der Waals surface area contributed by atoms with Gasteiger partial charge in [0.05, 0.1) is 5.33 Å². The molecular formula is C13H15Br2N3. The van der Waals surface area contributed by atoms with Crippen LogP contribution in [0, 0.1) is 0 Å². The van der Waals surface area contributed by atoms with Gasteiger partial charge in [0.1, 0.15) is 11.6 Å². The number of halogens is 2. The molecule has 1 aromatic heterocycles. The molecule has 1 aromatic carbocycles. The predicted molar refractivity (Wildman–Crippen MR) is 79.9 cm³/mol. The van der Waals surface area contributed by atoms with Gasteiger partial charge >= 0.3 is 0 Å². The quantitative estimate of drug-likeness (QED) is 0.744. The predicted octanol–water partition coefficient (Wildman–Crippen LogP) is 3.94. The maximum atomic E-state index is 4.30. The molecule has 0 spiro atoms. The van der Waals surface area contributed by atoms with Crippen molar-refractivity contribution in [3.63, 3.8) is 0 Å². The molecule has 0 atom stereocenters. The Bertz CT molecular complexity index is 523. The van der Waals surface area contributed by atoms with E-state index in [-0.39, 0.29) is 0 Å². The minimum Gasteiger partial charge on any atom is -0.314 e. The van der Waals surface area contributed by atoms with E-state index in [4.69, 9.17) is 0 Å². The summed E-state index contributed by atoms with van der Waals surface area (Å²) in [4.78, 5) is 0. The average molecular weight is 373 g/mol. The molecule has 2 aromatic rings. The van der Waals surface area contributed by atoms with Crippen LogP contribution in [0.1, 0.15) is 30.6 Å². The summed E-state index contributed by atoms with van der Waals surface area (Å²) in [5.74, 6) is 2.03. The number of alkyl halides is 1. The van der Waals surface area contributed by atoms with E-state index in [1.807, 2.05) is 12.1 Å². The second kappa shape index (κ2) is 6.48. The molecule has 0 saturated carbocycles. The molecule has 0 aliphatic heterocycles. The third-order valence-electron chi connectivity index (χ3n) is 2.72. The van der Waals surface area contributed by atoms with E-state index in [9.17, 15) is 0 Å². The summed E-state index contributed by atoms with van der Waals surface area (Å²) in [6, 6.07) is 8.32. The minimum absolute atomic E-state index is 0.748. The summed E-state index contributed by atoms with van der Waals surface area (Å²) >= 11 is 6.95. The van der Waals surface area contributed by atoms with E-state index in [1.54, 1.807) is 0 Å². The lowest BCUT2D eigenvalue weighted by Crippen LogP contribution is -2.07. The summed E-state index contributed by atoms with van der Waals surface area (Å²) < 4.78 is 3.30. The molecule has 0 N–H and O–H groups in total. The van der Waals surface area contributed by atoms with Crippen LogP contribution in [0.3, 0.4) is 0 Å². The Morgan fingerprint density at radius 3 is 2.67 bits per heavy atom. The van der Waals surface area contributed by atoms with E-state index < -0.39 is 0 Å². The van der Waals surface area contributed by atoms with Gasteiger partial charge in [0.2, 0.25) is 0 Å². The molecular weight excluding hydrogens is 358 g/mol. The Morgan fingerprint density at radius 1 is 1.22 bits per heavy atom. The highest BCUT2D eigenvalue weighted by Crippen LogP contribution is 2.16. The first kappa shape index (κ1) is 13.7. The molecule has 0 bridgehead atoms. The van der Waals surface area contributed by atoms with Crippen molar-refractivity contribution in [1.29, 1.82) is 0 Å². The fraction of sp³-hybridized carbons (Fsp3) is 0.385. The van der Waals surface area contributed by atoms with Crippen LogP contribution in [0.15, 0.2) is 28.7 Å². The lowest BCUT2D eigenvalue weighted by Gasteiger charge is -2.08. The Balaban J connectivity index is 2.25. The van der Waals surface area contributed by atoms with Gasteiger partial charge in [-0.25, -0.2) is 0 Å². The molecule has 96 valence electrons. The van der Waals surface area contributed by atoms with Crippen molar-refractivity contribution in [1.82, 2.24) is 14.8 Å². The summed E-state index contributed by atoms with van der Waals surface area (Å²) in [7, 11) is 0. The van der Waals surface area contributed by atoms with Crippen LogP contribution in [-0.4, -0.2) is 14.8 Å². The van der Waals surface area contributed by atoms with Crippen LogP contribution in [0.25, 0.3) is 0 Å². The van der Waals surface area contributed by atoms with Gasteiger partial charge in [-0.05, 0) is 24.1 Å². The molecule has 18 heavy (non-hydrogen) atoms. The number of hydrogen-bond acceptors (Lipinski definition) is 2. The molecule has 0 aliphatic rings. The number of aromatic nitrogens is 3. The fourth-order valence-electron chi connectivity index (χ4n) is 1.91. The van der Waals surface area contributed by atoms with E-state index >= 15 is 0 Å². The molecule has 3 nitrogen and oxygen atoms in total. The van der Waals surface area contributed by atoms with E-state index in [1.165, 1.54) is 5.56 Å². The zero-order valence-corrected chi connectivity index (χ0v) is 13.4. The smallest absolute Gasteiger partial charge is 0.143 e. The summed E-state index contributed by atoms with van der Waals surface area (Å²) in [5, 5.41) is 9.27. The first-order chi connectivity index (χ1) is 8.74. The van der Waals surface area contributed by atoms with Crippen molar-refractivity contribution in [2.45, 2.75) is 31.6 Å². The van der Waals surface area contributed by atoms with Crippen LogP contribution >= 0.6 is 31.9 Å². The van der Waals surface area contributed by atoms with Gasteiger partial charge in [0, 0.05) is 17.4 Å². The van der Waals surface area contributed by atoms with Crippen LogP contribution < -0.4 is 0 Å². The standard InChI is InChI=1S/C13H15Br2N3/c1-2-6-18-12(16-17-13(18)9-14)8-10-4-3-5-11(15)7-10/h3-5,7H,2,6,8-9H2,1H3. The van der Waals surface area contributed by atoms with Crippen LogP contribution in [0.2, 0.25) is 0 Å². The van der Waals surface area contributed by atoms with Gasteiger partial charge in [0.15, 0.2) is 0 Å². The van der Waals surface area contributed by atoms with Gasteiger partial charge in [-0.2, -0.15) is 0 Å². The van der Waals surface area contributed by atoms with Crippen molar-refractivity contribution in [2.24, 2.45) is 0 Å². The van der Waals surface area contributed by atoms with Crippen LogP contribution in [0.5, 0.6) is 0 Å². The van der Waals surface area contributed by atoms with Crippen molar-refractivity contribution in [3.05, 3.63) is 46.0 Å². The Kier molecular flexibility index (Phi) is 4.95. The zero-order valence-electron chi connectivity index (χ0n) is 10.2. The highest BCUT2D eigenvalue weighted by Gasteiger charge is 2.10. The minimum atomic E-state index is 0.748. The SMILES string of the molecule is CCCn1c(CBr)nnc1Cc1cccc(Br)c1. The van der Waals surface area contributed by atoms with E-state index in [2.05, 4.69) is 65.7 Å². The largest absolute Gasteiger partial charge is 0.314 e. The monoisotopic (exact) mass is 371 g/mol. The number of hydrogen-bond donors (Lipinski definition) is 0. The summed E-state index contributed by atoms with van der Waals surface area (Å²) in [6.45, 7) is 3.14. The molecule has 0 radical (unpaired) electrons. The van der Waals surface area contributed by atoms with E-state index in [0.717, 1.165) is 40.8 Å². The van der Waals surface area contributed by atoms with Crippen molar-refractivity contribution in [3.8, 4) is 0 Å². The Labute approximate surface area is 124 Å². The first-order valence-corrected chi connectivity index (χ1v) is 7.87. The maximum Gasteiger partial charge on any atom is 0.143 e. The number of rotatable bonds is 5. The molecule has 0 unspecified atom stereocenters. The highest BCUT2D eigenvalue weighted by atomic mass is 79.9. The normalized spacial score (nSPS) is 10.8. The summed E-state index contributed by atoms with van der Waals surface area (Å²) in [6.07, 6.45) is 1.91. The Hall–Kier alpha value is -0.680. The fourth-order valence-corrected chi connectivity index (χ4v) is 2.77. The van der Waals surface area contributed by atoms with Crippen LogP contribution in [0.4, 0.5) is 0 Å². The van der Waals surface area contributed by atoms with Crippen molar-refractivity contribution < 1.29 is 0 Å². The van der Waals surface area contributed by atoms with Gasteiger partial charge in [-0.15, -0.1) is 10.2 Å². The Morgan fingerprint density at radius 2 is 2.00 bits per heavy atom. The van der Waals surface area contributed by atoms with Gasteiger partial charge in [-0.1, -0.05) is 50.9 Å². The molecule has 0 aliphatic carbocycles. The molecule has 0 saturated heterocycles. The molecule has 5 heteroatoms. The number of benzene rings is 1. The third kappa shape index (κ3) is 3.20. The van der Waals surface area contributed by atoms with Crippen molar-refractivity contribution in [2.75, 3.05) is 0 Å². The van der Waals surface area contributed by atoms with Crippen LogP contribution in [-0.2, 0) is 18.3 Å². The number of nitrogens with zero attached hydrogens (tertiary/aromatic N) is 3. The topological polar surface area (TPSA) is 30.7 Å². The van der Waals surface area contributed by atoms with Crippen molar-refractivity contribution >= 4 is 31.9 Å². The summed E-state index contributed by atoms with van der Waals surface area (Å²) in [5.41, 5.74) is 1.25. The molecule has 0 amide bonds. The molecule has 0 fully saturated rings. The third-order valence-corrected chi connectivity index (χ3v) is 3.72. The van der Waals surface area contributed by atoms with Gasteiger partial charge in [0.25, 0.3) is 0 Å². The molecule has 2 rings (SSSR count). The second-order valence-corrected chi connectivity index (χ2v) is 5.60. The lowest BCUT2D eigenvalue weighted by molar-refractivity contribution is 0.628. The zero-order chi connectivity index (χ0) is 13.0. The van der Waals surface area contributed by atoms with Gasteiger partial charge in [-0.3, -0.25) is 0 Å². The maximum absolute atomic E-state index is 4.30. The molecule has 1 heterocycles.